The van der Waals surface area contributed by atoms with E-state index in [2.05, 4.69) is 47.4 Å². The Morgan fingerprint density at radius 2 is 1.70 bits per heavy atom. The molecule has 1 saturated heterocycles. The lowest BCUT2D eigenvalue weighted by Gasteiger charge is -2.44. The standard InChI is InChI=1S/C20H23NO2/c1-22-18-13-15-9-12-21-11-6-10-20(21,16-7-4-3-5-8-16)17(15)14-19(18)23-2/h3-5,7-8,13-14H,6,9-12H2,1-2H3. The number of hydrogen-bond donors (Lipinski definition) is 0. The van der Waals surface area contributed by atoms with Gasteiger partial charge in [-0.25, -0.2) is 0 Å². The molecule has 2 aromatic rings. The molecule has 0 spiro atoms. The summed E-state index contributed by atoms with van der Waals surface area (Å²) in [5.41, 5.74) is 4.18. The number of hydrogen-bond acceptors (Lipinski definition) is 3. The predicted octanol–water partition coefficient (Wildman–Crippen LogP) is 3.60. The van der Waals surface area contributed by atoms with Crippen molar-refractivity contribution in [1.82, 2.24) is 4.90 Å². The predicted molar refractivity (Wildman–Crippen MR) is 91.3 cm³/mol. The third kappa shape index (κ3) is 2.07. The summed E-state index contributed by atoms with van der Waals surface area (Å²) in [5, 5.41) is 0. The van der Waals surface area contributed by atoms with Crippen LogP contribution >= 0.6 is 0 Å². The van der Waals surface area contributed by atoms with Crippen LogP contribution in [0.4, 0.5) is 0 Å². The maximum Gasteiger partial charge on any atom is 0.161 e. The molecule has 0 aliphatic carbocycles. The van der Waals surface area contributed by atoms with Crippen LogP contribution in [0.1, 0.15) is 29.5 Å². The first-order chi connectivity index (χ1) is 11.3. The summed E-state index contributed by atoms with van der Waals surface area (Å²) in [6.45, 7) is 2.28. The van der Waals surface area contributed by atoms with Gasteiger partial charge in [-0.3, -0.25) is 4.90 Å². The monoisotopic (exact) mass is 309 g/mol. The van der Waals surface area contributed by atoms with Crippen LogP contribution in [0.15, 0.2) is 42.5 Å². The van der Waals surface area contributed by atoms with E-state index in [0.717, 1.165) is 24.5 Å². The zero-order chi connectivity index (χ0) is 15.9. The number of rotatable bonds is 3. The van der Waals surface area contributed by atoms with Crippen molar-refractivity contribution >= 4 is 0 Å². The van der Waals surface area contributed by atoms with Crippen LogP contribution in [-0.2, 0) is 12.0 Å². The fourth-order valence-electron chi connectivity index (χ4n) is 4.45. The molecule has 2 aliphatic heterocycles. The summed E-state index contributed by atoms with van der Waals surface area (Å²) in [6, 6.07) is 15.3. The van der Waals surface area contributed by atoms with Gasteiger partial charge in [-0.1, -0.05) is 30.3 Å². The van der Waals surface area contributed by atoms with Crippen molar-refractivity contribution in [2.75, 3.05) is 27.3 Å². The Balaban J connectivity index is 1.95. The quantitative estimate of drug-likeness (QED) is 0.865. The van der Waals surface area contributed by atoms with E-state index in [9.17, 15) is 0 Å². The van der Waals surface area contributed by atoms with Crippen LogP contribution in [0.25, 0.3) is 0 Å². The molecule has 1 atom stereocenters. The lowest BCUT2D eigenvalue weighted by Crippen LogP contribution is -2.47. The first-order valence-corrected chi connectivity index (χ1v) is 8.35. The van der Waals surface area contributed by atoms with Crippen molar-refractivity contribution in [3.05, 3.63) is 59.2 Å². The minimum absolute atomic E-state index is 0.00556. The Morgan fingerprint density at radius 3 is 2.43 bits per heavy atom. The summed E-state index contributed by atoms with van der Waals surface area (Å²) >= 11 is 0. The molecule has 1 unspecified atom stereocenters. The van der Waals surface area contributed by atoms with E-state index >= 15 is 0 Å². The van der Waals surface area contributed by atoms with Crippen LogP contribution < -0.4 is 9.47 Å². The van der Waals surface area contributed by atoms with Gasteiger partial charge in [0.25, 0.3) is 0 Å². The molecular weight excluding hydrogens is 286 g/mol. The summed E-state index contributed by atoms with van der Waals surface area (Å²) in [4.78, 5) is 2.65. The van der Waals surface area contributed by atoms with Gasteiger partial charge in [-0.05, 0) is 54.6 Å². The fourth-order valence-corrected chi connectivity index (χ4v) is 4.45. The van der Waals surface area contributed by atoms with E-state index in [-0.39, 0.29) is 5.54 Å². The van der Waals surface area contributed by atoms with Gasteiger partial charge < -0.3 is 9.47 Å². The molecule has 2 heterocycles. The van der Waals surface area contributed by atoms with Crippen molar-refractivity contribution in [2.45, 2.75) is 24.8 Å². The van der Waals surface area contributed by atoms with Crippen molar-refractivity contribution < 1.29 is 9.47 Å². The Bertz CT molecular complexity index is 713. The highest BCUT2D eigenvalue weighted by Crippen LogP contribution is 2.50. The molecule has 0 saturated carbocycles. The SMILES string of the molecule is COc1cc2c(cc1OC)C1(c3ccccc3)CCCN1CC2. The second-order valence-corrected chi connectivity index (χ2v) is 6.43. The Morgan fingerprint density at radius 1 is 0.957 bits per heavy atom. The van der Waals surface area contributed by atoms with Gasteiger partial charge >= 0.3 is 0 Å². The van der Waals surface area contributed by atoms with Crippen molar-refractivity contribution in [2.24, 2.45) is 0 Å². The first kappa shape index (κ1) is 14.6. The smallest absolute Gasteiger partial charge is 0.161 e. The highest BCUT2D eigenvalue weighted by molar-refractivity contribution is 5.54. The number of fused-ring (bicyclic) bond motifs is 3. The van der Waals surface area contributed by atoms with Crippen LogP contribution in [0.2, 0.25) is 0 Å². The summed E-state index contributed by atoms with van der Waals surface area (Å²) in [7, 11) is 3.43. The molecule has 0 N–H and O–H groups in total. The average molecular weight is 309 g/mol. The second-order valence-electron chi connectivity index (χ2n) is 6.43. The second kappa shape index (κ2) is 5.57. The third-order valence-corrected chi connectivity index (χ3v) is 5.46. The minimum atomic E-state index is -0.00556. The molecule has 3 nitrogen and oxygen atoms in total. The highest BCUT2D eigenvalue weighted by atomic mass is 16.5. The van der Waals surface area contributed by atoms with Gasteiger partial charge in [-0.2, -0.15) is 0 Å². The van der Waals surface area contributed by atoms with Crippen molar-refractivity contribution in [1.29, 1.82) is 0 Å². The van der Waals surface area contributed by atoms with Crippen molar-refractivity contribution in [3.8, 4) is 11.5 Å². The molecule has 3 heteroatoms. The maximum atomic E-state index is 5.59. The van der Waals surface area contributed by atoms with Crippen molar-refractivity contribution in [3.63, 3.8) is 0 Å². The van der Waals surface area contributed by atoms with E-state index in [4.69, 9.17) is 9.47 Å². The third-order valence-electron chi connectivity index (χ3n) is 5.46. The summed E-state index contributed by atoms with van der Waals surface area (Å²) in [5.74, 6) is 1.66. The zero-order valence-electron chi connectivity index (χ0n) is 13.8. The molecule has 0 aromatic heterocycles. The highest BCUT2D eigenvalue weighted by Gasteiger charge is 2.47. The molecule has 2 aliphatic rings. The van der Waals surface area contributed by atoms with Gasteiger partial charge in [-0.15, -0.1) is 0 Å². The van der Waals surface area contributed by atoms with Crippen LogP contribution in [0, 0.1) is 0 Å². The molecular formula is C20H23NO2. The Labute approximate surface area is 137 Å². The summed E-state index contributed by atoms with van der Waals surface area (Å²) in [6.07, 6.45) is 3.48. The van der Waals surface area contributed by atoms with Crippen LogP contribution in [0.5, 0.6) is 11.5 Å². The molecule has 0 bridgehead atoms. The normalized spacial score (nSPS) is 23.2. The number of methoxy groups -OCH3 is 2. The Kier molecular flexibility index (Phi) is 3.53. The number of ether oxygens (including phenoxy) is 2. The van der Waals surface area contributed by atoms with E-state index in [1.54, 1.807) is 14.2 Å². The number of nitrogens with zero attached hydrogens (tertiary/aromatic N) is 1. The molecule has 4 rings (SSSR count). The summed E-state index contributed by atoms with van der Waals surface area (Å²) < 4.78 is 11.1. The zero-order valence-corrected chi connectivity index (χ0v) is 13.8. The molecule has 2 aromatic carbocycles. The van der Waals surface area contributed by atoms with E-state index in [1.807, 2.05) is 0 Å². The first-order valence-electron chi connectivity index (χ1n) is 8.35. The van der Waals surface area contributed by atoms with Gasteiger partial charge in [0.1, 0.15) is 0 Å². The largest absolute Gasteiger partial charge is 0.493 e. The van der Waals surface area contributed by atoms with Gasteiger partial charge in [0.05, 0.1) is 19.8 Å². The maximum absolute atomic E-state index is 5.59. The van der Waals surface area contributed by atoms with Gasteiger partial charge in [0.2, 0.25) is 0 Å². The Hall–Kier alpha value is -2.00. The molecule has 0 radical (unpaired) electrons. The van der Waals surface area contributed by atoms with E-state index in [1.165, 1.54) is 36.1 Å². The molecule has 1 fully saturated rings. The van der Waals surface area contributed by atoms with Crippen LogP contribution in [-0.4, -0.2) is 32.2 Å². The minimum Gasteiger partial charge on any atom is -0.493 e. The average Bonchev–Trinajstić information content (AvgIpc) is 3.06. The lowest BCUT2D eigenvalue weighted by molar-refractivity contribution is 0.163. The van der Waals surface area contributed by atoms with E-state index < -0.39 is 0 Å². The number of benzene rings is 2. The molecule has 23 heavy (non-hydrogen) atoms. The van der Waals surface area contributed by atoms with Gasteiger partial charge in [0, 0.05) is 6.54 Å². The topological polar surface area (TPSA) is 21.7 Å². The fraction of sp³-hybridized carbons (Fsp3) is 0.400. The molecule has 120 valence electrons. The van der Waals surface area contributed by atoms with E-state index in [0.29, 0.717) is 0 Å². The van der Waals surface area contributed by atoms with Gasteiger partial charge in [0.15, 0.2) is 11.5 Å². The lowest BCUT2D eigenvalue weighted by atomic mass is 9.75. The van der Waals surface area contributed by atoms with Crippen LogP contribution in [0.3, 0.4) is 0 Å². The molecule has 0 amide bonds.